The topological polar surface area (TPSA) is 61.4 Å². The number of hydrogen-bond acceptors (Lipinski definition) is 3. The van der Waals surface area contributed by atoms with Crippen LogP contribution in [0.25, 0.3) is 0 Å². The second-order valence-corrected chi connectivity index (χ2v) is 7.99. The van der Waals surface area contributed by atoms with Gasteiger partial charge in [-0.3, -0.25) is 9.59 Å². The van der Waals surface area contributed by atoms with Crippen molar-refractivity contribution in [1.82, 2.24) is 15.5 Å². The standard InChI is InChI=1S/C21H29N3O2/c25-20(23-17-10-6-12-22-14-17)19-13-16-9-4-5-11-18(16)24(19)21(26)15-7-2-1-3-8-15/h1-3,7-8,16-19,22H,4-6,9-14H2,(H,23,25)/t16?,17-,18?,19?/m0/s1. The van der Waals surface area contributed by atoms with Crippen LogP contribution in [0.1, 0.15) is 55.3 Å². The zero-order valence-corrected chi connectivity index (χ0v) is 15.3. The molecule has 4 atom stereocenters. The smallest absolute Gasteiger partial charge is 0.254 e. The Hall–Kier alpha value is -1.88. The van der Waals surface area contributed by atoms with Crippen LogP contribution in [-0.4, -0.2) is 47.9 Å². The van der Waals surface area contributed by atoms with Gasteiger partial charge in [0.1, 0.15) is 6.04 Å². The Morgan fingerprint density at radius 1 is 1.04 bits per heavy atom. The lowest BCUT2D eigenvalue weighted by Crippen LogP contribution is -2.54. The summed E-state index contributed by atoms with van der Waals surface area (Å²) in [5, 5.41) is 6.56. The minimum absolute atomic E-state index is 0.0157. The number of hydrogen-bond donors (Lipinski definition) is 2. The van der Waals surface area contributed by atoms with Gasteiger partial charge in [0.15, 0.2) is 0 Å². The summed E-state index contributed by atoms with van der Waals surface area (Å²) in [6, 6.07) is 9.51. The molecule has 0 spiro atoms. The van der Waals surface area contributed by atoms with E-state index in [2.05, 4.69) is 10.6 Å². The predicted molar refractivity (Wildman–Crippen MR) is 101 cm³/mol. The second kappa shape index (κ2) is 7.78. The van der Waals surface area contributed by atoms with E-state index in [1.165, 1.54) is 6.42 Å². The van der Waals surface area contributed by atoms with E-state index in [0.29, 0.717) is 11.5 Å². The van der Waals surface area contributed by atoms with Gasteiger partial charge in [0, 0.05) is 24.2 Å². The van der Waals surface area contributed by atoms with E-state index in [1.54, 1.807) is 0 Å². The lowest BCUT2D eigenvalue weighted by Gasteiger charge is -2.34. The summed E-state index contributed by atoms with van der Waals surface area (Å²) in [6.07, 6.45) is 7.46. The minimum atomic E-state index is -0.322. The van der Waals surface area contributed by atoms with Crippen LogP contribution in [0.5, 0.6) is 0 Å². The molecule has 1 saturated carbocycles. The van der Waals surface area contributed by atoms with Gasteiger partial charge in [-0.1, -0.05) is 31.0 Å². The Kier molecular flexibility index (Phi) is 5.25. The van der Waals surface area contributed by atoms with Crippen molar-refractivity contribution < 1.29 is 9.59 Å². The molecule has 2 aliphatic heterocycles. The minimum Gasteiger partial charge on any atom is -0.350 e. The van der Waals surface area contributed by atoms with Gasteiger partial charge in [-0.2, -0.15) is 0 Å². The number of likely N-dealkylation sites (tertiary alicyclic amines) is 1. The summed E-state index contributed by atoms with van der Waals surface area (Å²) in [7, 11) is 0. The van der Waals surface area contributed by atoms with Gasteiger partial charge < -0.3 is 15.5 Å². The van der Waals surface area contributed by atoms with Gasteiger partial charge in [-0.25, -0.2) is 0 Å². The van der Waals surface area contributed by atoms with E-state index < -0.39 is 0 Å². The van der Waals surface area contributed by atoms with E-state index in [0.717, 1.165) is 51.6 Å². The highest BCUT2D eigenvalue weighted by Crippen LogP contribution is 2.40. The maximum atomic E-state index is 13.2. The van der Waals surface area contributed by atoms with E-state index in [9.17, 15) is 9.59 Å². The van der Waals surface area contributed by atoms with Crippen LogP contribution < -0.4 is 10.6 Å². The number of rotatable bonds is 3. The molecule has 2 amide bonds. The number of carbonyl (C=O) groups is 2. The van der Waals surface area contributed by atoms with Crippen molar-refractivity contribution in [2.45, 2.75) is 63.1 Å². The molecule has 2 N–H and O–H groups in total. The molecule has 1 aromatic carbocycles. The number of nitrogens with one attached hydrogen (secondary N) is 2. The first kappa shape index (κ1) is 17.5. The zero-order valence-electron chi connectivity index (χ0n) is 15.3. The fourth-order valence-corrected chi connectivity index (χ4v) is 4.99. The first-order valence-corrected chi connectivity index (χ1v) is 10.1. The van der Waals surface area contributed by atoms with Crippen molar-refractivity contribution >= 4 is 11.8 Å². The molecular weight excluding hydrogens is 326 g/mol. The summed E-state index contributed by atoms with van der Waals surface area (Å²) in [6.45, 7) is 1.86. The van der Waals surface area contributed by atoms with Gasteiger partial charge in [0.25, 0.3) is 5.91 Å². The lowest BCUT2D eigenvalue weighted by atomic mass is 9.84. The van der Waals surface area contributed by atoms with Crippen molar-refractivity contribution in [1.29, 1.82) is 0 Å². The molecule has 140 valence electrons. The third-order valence-electron chi connectivity index (χ3n) is 6.29. The Labute approximate surface area is 155 Å². The fourth-order valence-electron chi connectivity index (χ4n) is 4.99. The quantitative estimate of drug-likeness (QED) is 0.875. The van der Waals surface area contributed by atoms with Gasteiger partial charge in [-0.05, 0) is 56.7 Å². The van der Waals surface area contributed by atoms with Gasteiger partial charge in [0.05, 0.1) is 0 Å². The molecule has 2 heterocycles. The Balaban J connectivity index is 1.54. The molecule has 5 nitrogen and oxygen atoms in total. The molecule has 0 radical (unpaired) electrons. The van der Waals surface area contributed by atoms with Crippen LogP contribution in [0.4, 0.5) is 0 Å². The molecule has 2 saturated heterocycles. The number of piperidine rings is 1. The Morgan fingerprint density at radius 3 is 2.62 bits per heavy atom. The van der Waals surface area contributed by atoms with Gasteiger partial charge >= 0.3 is 0 Å². The van der Waals surface area contributed by atoms with E-state index in [-0.39, 0.29) is 29.9 Å². The molecule has 3 fully saturated rings. The highest BCUT2D eigenvalue weighted by atomic mass is 16.2. The lowest BCUT2D eigenvalue weighted by molar-refractivity contribution is -0.126. The molecule has 26 heavy (non-hydrogen) atoms. The van der Waals surface area contributed by atoms with Crippen molar-refractivity contribution in [2.24, 2.45) is 5.92 Å². The highest BCUT2D eigenvalue weighted by molar-refractivity contribution is 5.98. The number of carbonyl (C=O) groups excluding carboxylic acids is 2. The SMILES string of the molecule is O=C(N[C@H]1CCCNC1)C1CC2CCCCC2N1C(=O)c1ccccc1. The van der Waals surface area contributed by atoms with Crippen molar-refractivity contribution in [3.05, 3.63) is 35.9 Å². The van der Waals surface area contributed by atoms with Crippen LogP contribution in [-0.2, 0) is 4.79 Å². The van der Waals surface area contributed by atoms with Crippen LogP contribution in [0.3, 0.4) is 0 Å². The largest absolute Gasteiger partial charge is 0.350 e. The summed E-state index contributed by atoms with van der Waals surface area (Å²) >= 11 is 0. The molecule has 1 aliphatic carbocycles. The van der Waals surface area contributed by atoms with Crippen molar-refractivity contribution in [3.63, 3.8) is 0 Å². The molecule has 3 aliphatic rings. The first-order valence-electron chi connectivity index (χ1n) is 10.1. The molecule has 3 unspecified atom stereocenters. The first-order chi connectivity index (χ1) is 12.7. The van der Waals surface area contributed by atoms with Crippen LogP contribution >= 0.6 is 0 Å². The van der Waals surface area contributed by atoms with Crippen molar-refractivity contribution in [3.8, 4) is 0 Å². The molecule has 4 rings (SSSR count). The van der Waals surface area contributed by atoms with E-state index in [1.807, 2.05) is 35.2 Å². The molecular formula is C21H29N3O2. The summed E-state index contributed by atoms with van der Waals surface area (Å²) in [4.78, 5) is 28.2. The van der Waals surface area contributed by atoms with Crippen LogP contribution in [0.2, 0.25) is 0 Å². The maximum Gasteiger partial charge on any atom is 0.254 e. The highest BCUT2D eigenvalue weighted by Gasteiger charge is 2.47. The van der Waals surface area contributed by atoms with Crippen molar-refractivity contribution in [2.75, 3.05) is 13.1 Å². The number of fused-ring (bicyclic) bond motifs is 1. The van der Waals surface area contributed by atoms with Crippen LogP contribution in [0, 0.1) is 5.92 Å². The number of amides is 2. The Bertz CT molecular complexity index is 642. The van der Waals surface area contributed by atoms with Gasteiger partial charge in [0.2, 0.25) is 5.91 Å². The molecule has 1 aromatic rings. The molecule has 5 heteroatoms. The molecule has 0 aromatic heterocycles. The number of nitrogens with zero attached hydrogens (tertiary/aromatic N) is 1. The monoisotopic (exact) mass is 355 g/mol. The van der Waals surface area contributed by atoms with E-state index in [4.69, 9.17) is 0 Å². The molecule has 0 bridgehead atoms. The average Bonchev–Trinajstić information content (AvgIpc) is 3.08. The normalized spacial score (nSPS) is 31.3. The zero-order chi connectivity index (χ0) is 17.9. The summed E-state index contributed by atoms with van der Waals surface area (Å²) in [5.74, 6) is 0.524. The Morgan fingerprint density at radius 2 is 1.85 bits per heavy atom. The third kappa shape index (κ3) is 3.50. The summed E-state index contributed by atoms with van der Waals surface area (Å²) in [5.41, 5.74) is 0.691. The number of benzene rings is 1. The van der Waals surface area contributed by atoms with E-state index >= 15 is 0 Å². The van der Waals surface area contributed by atoms with Crippen LogP contribution in [0.15, 0.2) is 30.3 Å². The van der Waals surface area contributed by atoms with Gasteiger partial charge in [-0.15, -0.1) is 0 Å². The average molecular weight is 355 g/mol. The fraction of sp³-hybridized carbons (Fsp3) is 0.619. The maximum absolute atomic E-state index is 13.2. The second-order valence-electron chi connectivity index (χ2n) is 7.99. The third-order valence-corrected chi connectivity index (χ3v) is 6.29. The summed E-state index contributed by atoms with van der Waals surface area (Å²) < 4.78 is 0. The predicted octanol–water partition coefficient (Wildman–Crippen LogP) is 2.33.